The van der Waals surface area contributed by atoms with Gasteiger partial charge >= 0.3 is 0 Å². The molecule has 0 spiro atoms. The third-order valence-corrected chi connectivity index (χ3v) is 5.44. The van der Waals surface area contributed by atoms with Gasteiger partial charge in [-0.15, -0.1) is 0 Å². The van der Waals surface area contributed by atoms with E-state index in [0.29, 0.717) is 39.2 Å². The predicted molar refractivity (Wildman–Crippen MR) is 131 cm³/mol. The van der Waals surface area contributed by atoms with Crippen LogP contribution in [0.15, 0.2) is 42.6 Å². The van der Waals surface area contributed by atoms with Crippen LogP contribution < -0.4 is 11.1 Å². The average molecular weight is 477 g/mol. The zero-order valence-electron chi connectivity index (χ0n) is 19.6. The number of carbonyl (C=O) groups excluding carboxylic acids is 1. The molecule has 0 saturated heterocycles. The molecule has 0 atom stereocenters. The molecule has 9 nitrogen and oxygen atoms in total. The first-order valence-electron chi connectivity index (χ1n) is 10.6. The first-order chi connectivity index (χ1) is 16.0. The van der Waals surface area contributed by atoms with Crippen molar-refractivity contribution in [3.8, 4) is 22.6 Å². The zero-order chi connectivity index (χ0) is 24.6. The Labute approximate surface area is 202 Å². The van der Waals surface area contributed by atoms with Gasteiger partial charge in [0, 0.05) is 30.2 Å². The Balaban J connectivity index is 1.81. The molecular weight excluding hydrogens is 452 g/mol. The molecule has 4 heterocycles. The van der Waals surface area contributed by atoms with E-state index in [1.165, 1.54) is 0 Å². The van der Waals surface area contributed by atoms with E-state index in [1.807, 2.05) is 52.0 Å². The van der Waals surface area contributed by atoms with Gasteiger partial charge in [-0.1, -0.05) is 17.7 Å². The minimum atomic E-state index is -0.770. The third kappa shape index (κ3) is 4.74. The van der Waals surface area contributed by atoms with Gasteiger partial charge in [0.1, 0.15) is 16.5 Å². The molecular formula is C24H25ClN8O. The van der Waals surface area contributed by atoms with Gasteiger partial charge in [-0.25, -0.2) is 15.0 Å². The van der Waals surface area contributed by atoms with Gasteiger partial charge in [-0.05, 0) is 58.0 Å². The summed E-state index contributed by atoms with van der Waals surface area (Å²) in [5.74, 6) is -0.476. The van der Waals surface area contributed by atoms with Crippen LogP contribution in [0, 0.1) is 13.8 Å². The third-order valence-electron chi connectivity index (χ3n) is 5.24. The minimum absolute atomic E-state index is 0.000923. The Morgan fingerprint density at radius 2 is 1.79 bits per heavy atom. The van der Waals surface area contributed by atoms with Crippen LogP contribution in [0.4, 0.5) is 5.82 Å². The molecule has 0 aromatic carbocycles. The Morgan fingerprint density at radius 3 is 2.44 bits per heavy atom. The predicted octanol–water partition coefficient (Wildman–Crippen LogP) is 3.85. The Bertz CT molecular complexity index is 1380. The molecule has 10 heteroatoms. The number of pyridine rings is 2. The molecule has 4 aromatic rings. The molecule has 0 bridgehead atoms. The van der Waals surface area contributed by atoms with Crippen LogP contribution in [0.2, 0.25) is 5.15 Å². The zero-order valence-corrected chi connectivity index (χ0v) is 20.3. The number of carbonyl (C=O) groups is 1. The minimum Gasteiger partial charge on any atom is -0.382 e. The molecule has 0 aliphatic heterocycles. The summed E-state index contributed by atoms with van der Waals surface area (Å²) < 4.78 is 1.65. The fraction of sp³-hybridized carbons (Fsp3) is 0.250. The van der Waals surface area contributed by atoms with Gasteiger partial charge in [-0.2, -0.15) is 5.10 Å². The first kappa shape index (κ1) is 23.3. The number of nitrogens with zero attached hydrogens (tertiary/aromatic N) is 6. The molecule has 34 heavy (non-hydrogen) atoms. The second-order valence-corrected chi connectivity index (χ2v) is 8.98. The molecule has 3 N–H and O–H groups in total. The lowest BCUT2D eigenvalue weighted by Crippen LogP contribution is -2.42. The normalized spacial score (nSPS) is 11.5. The SMILES string of the molecule is Cc1cc(-c2nc(C(=O)NC(C)(C)c3cccc(C)n3)c(N)nc2-c2ccn(C)n2)cc(Cl)n1. The van der Waals surface area contributed by atoms with Gasteiger partial charge in [0.2, 0.25) is 0 Å². The summed E-state index contributed by atoms with van der Waals surface area (Å²) in [6.45, 7) is 7.46. The molecule has 0 aliphatic rings. The second-order valence-electron chi connectivity index (χ2n) is 8.59. The standard InChI is InChI=1S/C24H25ClN8O/c1-13-7-6-8-17(27-13)24(3,4)31-23(34)21-22(26)30-20(16-9-10-33(5)32-16)19(29-21)15-11-14(2)28-18(25)12-15/h6-12H,1-5H3,(H2,26,30)(H,31,34). The van der Waals surface area contributed by atoms with Crippen molar-refractivity contribution in [2.24, 2.45) is 7.05 Å². The quantitative estimate of drug-likeness (QED) is 0.419. The summed E-state index contributed by atoms with van der Waals surface area (Å²) in [7, 11) is 1.80. The Hall–Kier alpha value is -3.85. The lowest BCUT2D eigenvalue weighted by molar-refractivity contribution is 0.0906. The maximum absolute atomic E-state index is 13.3. The fourth-order valence-electron chi connectivity index (χ4n) is 3.60. The van der Waals surface area contributed by atoms with Crippen molar-refractivity contribution in [2.45, 2.75) is 33.2 Å². The summed E-state index contributed by atoms with van der Waals surface area (Å²) >= 11 is 6.21. The molecule has 0 saturated carbocycles. The van der Waals surface area contributed by atoms with E-state index in [2.05, 4.69) is 30.4 Å². The molecule has 0 fully saturated rings. The van der Waals surface area contributed by atoms with Crippen molar-refractivity contribution < 1.29 is 4.79 Å². The van der Waals surface area contributed by atoms with Crippen molar-refractivity contribution >= 4 is 23.3 Å². The number of aryl methyl sites for hydroxylation is 3. The lowest BCUT2D eigenvalue weighted by Gasteiger charge is -2.26. The van der Waals surface area contributed by atoms with E-state index in [0.717, 1.165) is 5.69 Å². The summed E-state index contributed by atoms with van der Waals surface area (Å²) in [6.07, 6.45) is 1.79. The van der Waals surface area contributed by atoms with Gasteiger partial charge < -0.3 is 11.1 Å². The maximum atomic E-state index is 13.3. The smallest absolute Gasteiger partial charge is 0.274 e. The van der Waals surface area contributed by atoms with Gasteiger partial charge in [-0.3, -0.25) is 14.5 Å². The number of halogens is 1. The topological polar surface area (TPSA) is 124 Å². The van der Waals surface area contributed by atoms with E-state index < -0.39 is 11.4 Å². The fourth-order valence-corrected chi connectivity index (χ4v) is 3.85. The number of nitrogen functional groups attached to an aromatic ring is 1. The van der Waals surface area contributed by atoms with E-state index in [-0.39, 0.29) is 11.5 Å². The summed E-state index contributed by atoms with van der Waals surface area (Å²) in [5.41, 5.74) is 9.82. The van der Waals surface area contributed by atoms with Crippen molar-refractivity contribution in [1.82, 2.24) is 35.0 Å². The highest BCUT2D eigenvalue weighted by Crippen LogP contribution is 2.31. The van der Waals surface area contributed by atoms with Crippen LogP contribution in [0.3, 0.4) is 0 Å². The van der Waals surface area contributed by atoms with E-state index in [4.69, 9.17) is 17.3 Å². The molecule has 174 valence electrons. The highest BCUT2D eigenvalue weighted by atomic mass is 35.5. The Kier molecular flexibility index (Phi) is 6.05. The van der Waals surface area contributed by atoms with Crippen molar-refractivity contribution in [3.63, 3.8) is 0 Å². The molecule has 4 aromatic heterocycles. The number of amides is 1. The molecule has 4 rings (SSSR count). The molecule has 0 radical (unpaired) electrons. The lowest BCUT2D eigenvalue weighted by atomic mass is 9.99. The Morgan fingerprint density at radius 1 is 1.03 bits per heavy atom. The van der Waals surface area contributed by atoms with E-state index in [1.54, 1.807) is 30.1 Å². The molecule has 0 aliphatic carbocycles. The molecule has 0 unspecified atom stereocenters. The monoisotopic (exact) mass is 476 g/mol. The van der Waals surface area contributed by atoms with Crippen molar-refractivity contribution in [1.29, 1.82) is 0 Å². The largest absolute Gasteiger partial charge is 0.382 e. The average Bonchev–Trinajstić information content (AvgIpc) is 3.18. The van der Waals surface area contributed by atoms with E-state index in [9.17, 15) is 4.79 Å². The van der Waals surface area contributed by atoms with Crippen molar-refractivity contribution in [2.75, 3.05) is 5.73 Å². The van der Waals surface area contributed by atoms with Gasteiger partial charge in [0.25, 0.3) is 5.91 Å². The number of rotatable bonds is 5. The van der Waals surface area contributed by atoms with Crippen LogP contribution in [0.5, 0.6) is 0 Å². The van der Waals surface area contributed by atoms with Crippen LogP contribution in [0.25, 0.3) is 22.6 Å². The number of nitrogens with one attached hydrogen (secondary N) is 1. The number of aromatic nitrogens is 6. The van der Waals surface area contributed by atoms with Gasteiger partial charge in [0.15, 0.2) is 11.5 Å². The van der Waals surface area contributed by atoms with Crippen LogP contribution in [-0.4, -0.2) is 35.6 Å². The molecule has 1 amide bonds. The number of anilines is 1. The second kappa shape index (κ2) is 8.83. The van der Waals surface area contributed by atoms with Gasteiger partial charge in [0.05, 0.1) is 16.9 Å². The summed E-state index contributed by atoms with van der Waals surface area (Å²) in [4.78, 5) is 31.3. The first-order valence-corrected chi connectivity index (χ1v) is 11.0. The number of nitrogens with two attached hydrogens (primary N) is 1. The van der Waals surface area contributed by atoms with Crippen molar-refractivity contribution in [3.05, 3.63) is 70.5 Å². The van der Waals surface area contributed by atoms with E-state index >= 15 is 0 Å². The van der Waals surface area contributed by atoms with Crippen LogP contribution >= 0.6 is 11.6 Å². The highest BCUT2D eigenvalue weighted by Gasteiger charge is 2.28. The highest BCUT2D eigenvalue weighted by molar-refractivity contribution is 6.29. The summed E-state index contributed by atoms with van der Waals surface area (Å²) in [5, 5.41) is 7.72. The maximum Gasteiger partial charge on any atom is 0.274 e. The number of hydrogen-bond donors (Lipinski definition) is 2. The summed E-state index contributed by atoms with van der Waals surface area (Å²) in [6, 6.07) is 10.9. The number of hydrogen-bond acceptors (Lipinski definition) is 7. The van der Waals surface area contributed by atoms with Crippen LogP contribution in [-0.2, 0) is 12.6 Å². The van der Waals surface area contributed by atoms with Crippen LogP contribution in [0.1, 0.15) is 41.4 Å².